The second-order valence-corrected chi connectivity index (χ2v) is 5.58. The van der Waals surface area contributed by atoms with Crippen molar-refractivity contribution in [2.45, 2.75) is 32.6 Å². The topological polar surface area (TPSA) is 32.3 Å². The van der Waals surface area contributed by atoms with Gasteiger partial charge in [-0.3, -0.25) is 4.79 Å². The van der Waals surface area contributed by atoms with Crippen molar-refractivity contribution in [1.29, 1.82) is 0 Å². The molecule has 1 N–H and O–H groups in total. The van der Waals surface area contributed by atoms with Crippen LogP contribution in [0, 0.1) is 0 Å². The van der Waals surface area contributed by atoms with Gasteiger partial charge in [0.05, 0.1) is 11.4 Å². The van der Waals surface area contributed by atoms with Crippen LogP contribution in [-0.4, -0.2) is 19.5 Å². The summed E-state index contributed by atoms with van der Waals surface area (Å²) < 4.78 is 0. The minimum absolute atomic E-state index is 0.0336. The summed E-state index contributed by atoms with van der Waals surface area (Å²) in [5, 5.41) is 3.34. The highest BCUT2D eigenvalue weighted by Gasteiger charge is 2.26. The van der Waals surface area contributed by atoms with Gasteiger partial charge in [-0.05, 0) is 17.0 Å². The van der Waals surface area contributed by atoms with Gasteiger partial charge in [-0.25, -0.2) is 0 Å². The molecule has 3 heteroatoms. The molecule has 0 unspecified atom stereocenters. The van der Waals surface area contributed by atoms with Gasteiger partial charge in [0.1, 0.15) is 0 Å². The Bertz CT molecular complexity index is 446. The summed E-state index contributed by atoms with van der Waals surface area (Å²) in [6.07, 6.45) is 0.550. The summed E-state index contributed by atoms with van der Waals surface area (Å²) in [6.45, 7) is 7.23. The number of carbonyl (C=O) groups excluding carboxylic acids is 1. The maximum Gasteiger partial charge on any atom is 0.228 e. The first-order chi connectivity index (χ1) is 7.91. The van der Waals surface area contributed by atoms with Gasteiger partial charge in [0, 0.05) is 20.0 Å². The molecule has 17 heavy (non-hydrogen) atoms. The summed E-state index contributed by atoms with van der Waals surface area (Å²) in [7, 11) is 1.86. The van der Waals surface area contributed by atoms with Crippen molar-refractivity contribution in [2.24, 2.45) is 0 Å². The molecule has 0 atom stereocenters. The highest BCUT2D eigenvalue weighted by atomic mass is 16.2. The molecule has 0 aromatic heterocycles. The predicted octanol–water partition coefficient (Wildman–Crippen LogP) is 2.76. The summed E-state index contributed by atoms with van der Waals surface area (Å²) in [5.74, 6) is 0.174. The molecule has 0 radical (unpaired) electrons. The van der Waals surface area contributed by atoms with Crippen molar-refractivity contribution in [2.75, 3.05) is 23.8 Å². The Kier molecular flexibility index (Phi) is 2.86. The van der Waals surface area contributed by atoms with Crippen LogP contribution < -0.4 is 10.2 Å². The summed E-state index contributed by atoms with van der Waals surface area (Å²) in [6, 6.07) is 6.20. The van der Waals surface area contributed by atoms with Gasteiger partial charge in [0.15, 0.2) is 0 Å². The fourth-order valence-corrected chi connectivity index (χ4v) is 2.25. The smallest absolute Gasteiger partial charge is 0.228 e. The lowest BCUT2D eigenvalue weighted by Crippen LogP contribution is -2.28. The lowest BCUT2D eigenvalue weighted by molar-refractivity contribution is -0.118. The van der Waals surface area contributed by atoms with Crippen LogP contribution >= 0.6 is 0 Å². The zero-order valence-electron chi connectivity index (χ0n) is 11.0. The molecule has 3 nitrogen and oxygen atoms in total. The third kappa shape index (κ3) is 2.14. The molecular formula is C14H20N2O. The third-order valence-corrected chi connectivity index (χ3v) is 3.21. The molecule has 1 aromatic rings. The maximum atomic E-state index is 11.9. The number of amides is 1. The number of nitrogens with zero attached hydrogens (tertiary/aromatic N) is 1. The fraction of sp³-hybridized carbons (Fsp3) is 0.500. The molecular weight excluding hydrogens is 212 g/mol. The number of hydrogen-bond donors (Lipinski definition) is 1. The molecule has 1 aliphatic heterocycles. The average Bonchev–Trinajstić information content (AvgIpc) is 2.39. The lowest BCUT2D eigenvalue weighted by atomic mass is 9.85. The van der Waals surface area contributed by atoms with Gasteiger partial charge in [0.2, 0.25) is 5.91 Å². The van der Waals surface area contributed by atoms with E-state index in [1.54, 1.807) is 4.90 Å². The molecule has 0 aliphatic carbocycles. The Morgan fingerprint density at radius 2 is 2.00 bits per heavy atom. The van der Waals surface area contributed by atoms with E-state index in [-0.39, 0.29) is 11.3 Å². The van der Waals surface area contributed by atoms with E-state index in [1.807, 2.05) is 13.1 Å². The fourth-order valence-electron chi connectivity index (χ4n) is 2.25. The quantitative estimate of drug-likeness (QED) is 0.746. The van der Waals surface area contributed by atoms with E-state index in [1.165, 1.54) is 5.56 Å². The summed E-state index contributed by atoms with van der Waals surface area (Å²) in [5.41, 5.74) is 3.33. The van der Waals surface area contributed by atoms with Crippen LogP contribution in [0.2, 0.25) is 0 Å². The van der Waals surface area contributed by atoms with Crippen molar-refractivity contribution in [3.05, 3.63) is 23.8 Å². The van der Waals surface area contributed by atoms with Gasteiger partial charge in [0.25, 0.3) is 0 Å². The number of benzene rings is 1. The molecule has 1 amide bonds. The average molecular weight is 232 g/mol. The summed E-state index contributed by atoms with van der Waals surface area (Å²) >= 11 is 0. The number of fused-ring (bicyclic) bond motifs is 1. The Labute approximate surface area is 103 Å². The van der Waals surface area contributed by atoms with Crippen LogP contribution in [0.25, 0.3) is 0 Å². The second kappa shape index (κ2) is 4.06. The predicted molar refractivity (Wildman–Crippen MR) is 71.7 cm³/mol. The van der Waals surface area contributed by atoms with Gasteiger partial charge >= 0.3 is 0 Å². The van der Waals surface area contributed by atoms with Gasteiger partial charge in [-0.15, -0.1) is 0 Å². The van der Waals surface area contributed by atoms with Crippen molar-refractivity contribution in [3.8, 4) is 0 Å². The molecule has 0 saturated carbocycles. The first kappa shape index (κ1) is 12.0. The first-order valence-electron chi connectivity index (χ1n) is 6.05. The zero-order valence-corrected chi connectivity index (χ0v) is 11.0. The molecule has 2 rings (SSSR count). The van der Waals surface area contributed by atoms with Crippen molar-refractivity contribution < 1.29 is 4.79 Å². The standard InChI is InChI=1S/C14H20N2O/c1-14(2,3)10-6-5-7-11-13(10)16(4)12(17)8-9-15-11/h5-7,15H,8-9H2,1-4H3. The lowest BCUT2D eigenvalue weighted by Gasteiger charge is -2.28. The van der Waals surface area contributed by atoms with Crippen molar-refractivity contribution in [3.63, 3.8) is 0 Å². The van der Waals surface area contributed by atoms with E-state index < -0.39 is 0 Å². The van der Waals surface area contributed by atoms with Crippen LogP contribution in [0.4, 0.5) is 11.4 Å². The van der Waals surface area contributed by atoms with E-state index in [0.717, 1.165) is 11.4 Å². The largest absolute Gasteiger partial charge is 0.383 e. The molecule has 0 saturated heterocycles. The molecule has 0 spiro atoms. The highest BCUT2D eigenvalue weighted by molar-refractivity contribution is 5.99. The number of nitrogens with one attached hydrogen (secondary N) is 1. The zero-order chi connectivity index (χ0) is 12.6. The van der Waals surface area contributed by atoms with E-state index in [4.69, 9.17) is 0 Å². The van der Waals surface area contributed by atoms with Gasteiger partial charge < -0.3 is 10.2 Å². The van der Waals surface area contributed by atoms with Crippen LogP contribution in [0.15, 0.2) is 18.2 Å². The normalized spacial score (nSPS) is 16.2. The van der Waals surface area contributed by atoms with Crippen LogP contribution in [0.5, 0.6) is 0 Å². The molecule has 1 heterocycles. The molecule has 0 bridgehead atoms. The first-order valence-corrected chi connectivity index (χ1v) is 6.05. The van der Waals surface area contributed by atoms with Crippen LogP contribution in [0.3, 0.4) is 0 Å². The highest BCUT2D eigenvalue weighted by Crippen LogP contribution is 2.38. The molecule has 1 aromatic carbocycles. The SMILES string of the molecule is CN1C(=O)CCNc2cccc(C(C)(C)C)c21. The van der Waals surface area contributed by atoms with Crippen LogP contribution in [-0.2, 0) is 10.2 Å². The molecule has 92 valence electrons. The summed E-state index contributed by atoms with van der Waals surface area (Å²) in [4.78, 5) is 13.7. The number of hydrogen-bond acceptors (Lipinski definition) is 2. The number of anilines is 2. The maximum absolute atomic E-state index is 11.9. The van der Waals surface area contributed by atoms with Gasteiger partial charge in [-0.1, -0.05) is 32.9 Å². The Hall–Kier alpha value is -1.51. The van der Waals surface area contributed by atoms with E-state index >= 15 is 0 Å². The monoisotopic (exact) mass is 232 g/mol. The van der Waals surface area contributed by atoms with Crippen LogP contribution in [0.1, 0.15) is 32.8 Å². The number of rotatable bonds is 0. The second-order valence-electron chi connectivity index (χ2n) is 5.58. The van der Waals surface area contributed by atoms with Gasteiger partial charge in [-0.2, -0.15) is 0 Å². The third-order valence-electron chi connectivity index (χ3n) is 3.21. The molecule has 1 aliphatic rings. The Morgan fingerprint density at radius 3 is 2.65 bits per heavy atom. The van der Waals surface area contributed by atoms with Crippen molar-refractivity contribution >= 4 is 17.3 Å². The minimum atomic E-state index is 0.0336. The van der Waals surface area contributed by atoms with Crippen molar-refractivity contribution in [1.82, 2.24) is 0 Å². The molecule has 0 fully saturated rings. The van der Waals surface area contributed by atoms with E-state index in [0.29, 0.717) is 13.0 Å². The minimum Gasteiger partial charge on any atom is -0.383 e. The number of carbonyl (C=O) groups is 1. The Balaban J connectivity index is 2.62. The van der Waals surface area contributed by atoms with E-state index in [2.05, 4.69) is 38.2 Å². The number of para-hydroxylation sites is 1. The van der Waals surface area contributed by atoms with E-state index in [9.17, 15) is 4.79 Å². The Morgan fingerprint density at radius 1 is 1.29 bits per heavy atom.